The smallest absolute Gasteiger partial charge is 0.265 e. The molecule has 1 N–H and O–H groups in total. The third-order valence-electron chi connectivity index (χ3n) is 7.43. The lowest BCUT2D eigenvalue weighted by molar-refractivity contribution is 0.191. The highest BCUT2D eigenvalue weighted by atomic mass is 32.2. The Kier molecular flexibility index (Phi) is 8.60. The van der Waals surface area contributed by atoms with Crippen LogP contribution in [-0.4, -0.2) is 38.1 Å². The van der Waals surface area contributed by atoms with Crippen LogP contribution in [0.3, 0.4) is 0 Å². The van der Waals surface area contributed by atoms with E-state index in [9.17, 15) is 13.5 Å². The molecule has 0 atom stereocenters. The van der Waals surface area contributed by atoms with E-state index >= 15 is 0 Å². The van der Waals surface area contributed by atoms with E-state index in [1.54, 1.807) is 18.2 Å². The molecule has 0 unspecified atom stereocenters. The van der Waals surface area contributed by atoms with Crippen LogP contribution in [0.5, 0.6) is 5.75 Å². The third kappa shape index (κ3) is 6.74. The minimum Gasteiger partial charge on any atom is -0.508 e. The van der Waals surface area contributed by atoms with Gasteiger partial charge in [0.1, 0.15) is 5.75 Å². The van der Waals surface area contributed by atoms with Crippen molar-refractivity contribution in [2.45, 2.75) is 64.8 Å². The maximum Gasteiger partial charge on any atom is 0.265 e. The zero-order valence-corrected chi connectivity index (χ0v) is 23.4. The molecular weight excluding hydrogens is 480 g/mol. The Bertz CT molecular complexity index is 1290. The lowest BCUT2D eigenvalue weighted by Crippen LogP contribution is -2.33. The van der Waals surface area contributed by atoms with Crippen LogP contribution in [0.2, 0.25) is 0 Å². The van der Waals surface area contributed by atoms with Gasteiger partial charge in [0.05, 0.1) is 17.1 Å². The molecule has 1 saturated heterocycles. The lowest BCUT2D eigenvalue weighted by atomic mass is 9.99. The van der Waals surface area contributed by atoms with Gasteiger partial charge in [-0.05, 0) is 119 Å². The second-order valence-corrected chi connectivity index (χ2v) is 12.5. The highest BCUT2D eigenvalue weighted by molar-refractivity contribution is 7.92. The van der Waals surface area contributed by atoms with Crippen LogP contribution in [0.15, 0.2) is 65.6 Å². The highest BCUT2D eigenvalue weighted by Gasteiger charge is 2.29. The first kappa shape index (κ1) is 27.2. The van der Waals surface area contributed by atoms with Gasteiger partial charge in [-0.1, -0.05) is 48.9 Å². The van der Waals surface area contributed by atoms with Gasteiger partial charge in [-0.15, -0.1) is 0 Å². The number of piperidine rings is 1. The fourth-order valence-corrected chi connectivity index (χ4v) is 7.31. The van der Waals surface area contributed by atoms with E-state index in [1.807, 2.05) is 63.2 Å². The van der Waals surface area contributed by atoms with Crippen LogP contribution >= 0.6 is 0 Å². The van der Waals surface area contributed by atoms with Crippen molar-refractivity contribution in [2.24, 2.45) is 5.92 Å². The van der Waals surface area contributed by atoms with Gasteiger partial charge in [0.25, 0.3) is 10.0 Å². The number of phenols is 1. The van der Waals surface area contributed by atoms with Gasteiger partial charge in [0.2, 0.25) is 0 Å². The molecule has 4 rings (SSSR count). The standard InChI is InChI=1S/C31H40N2O3S/c1-23-14-17-32(18-15-23)16-6-8-27-10-12-29(13-11-27)33(22-28-7-5-9-30(34)21-28)37(35,36)31-25(3)19-24(2)20-26(31)4/h5,7,9-13,19-21,23,34H,6,8,14-18,22H2,1-4H3. The van der Waals surface area contributed by atoms with Gasteiger partial charge >= 0.3 is 0 Å². The summed E-state index contributed by atoms with van der Waals surface area (Å²) in [6.45, 7) is 11.7. The molecule has 3 aromatic rings. The Balaban J connectivity index is 1.57. The minimum atomic E-state index is -3.85. The van der Waals surface area contributed by atoms with Crippen molar-refractivity contribution in [3.05, 3.63) is 88.5 Å². The minimum absolute atomic E-state index is 0.121. The molecule has 198 valence electrons. The summed E-state index contributed by atoms with van der Waals surface area (Å²) < 4.78 is 29.6. The zero-order valence-electron chi connectivity index (χ0n) is 22.6. The van der Waals surface area contributed by atoms with Crippen LogP contribution < -0.4 is 4.31 Å². The molecule has 0 saturated carbocycles. The van der Waals surface area contributed by atoms with Gasteiger partial charge < -0.3 is 10.0 Å². The Hall–Kier alpha value is -2.83. The van der Waals surface area contributed by atoms with Crippen LogP contribution in [0.4, 0.5) is 5.69 Å². The summed E-state index contributed by atoms with van der Waals surface area (Å²) in [5.41, 5.74) is 5.08. The molecular formula is C31H40N2O3S. The Labute approximate surface area is 222 Å². The molecule has 0 aromatic heterocycles. The lowest BCUT2D eigenvalue weighted by Gasteiger charge is -2.30. The maximum atomic E-state index is 14.1. The number of rotatable bonds is 9. The molecule has 1 fully saturated rings. The average molecular weight is 521 g/mol. The van der Waals surface area contributed by atoms with Crippen molar-refractivity contribution < 1.29 is 13.5 Å². The van der Waals surface area contributed by atoms with Gasteiger partial charge in [-0.2, -0.15) is 0 Å². The van der Waals surface area contributed by atoms with E-state index in [0.29, 0.717) is 10.6 Å². The molecule has 3 aromatic carbocycles. The topological polar surface area (TPSA) is 60.9 Å². The third-order valence-corrected chi connectivity index (χ3v) is 9.51. The predicted molar refractivity (Wildman–Crippen MR) is 152 cm³/mol. The number of nitrogens with zero attached hydrogens (tertiary/aromatic N) is 2. The summed E-state index contributed by atoms with van der Waals surface area (Å²) in [6.07, 6.45) is 4.65. The molecule has 1 aliphatic rings. The Morgan fingerprint density at radius 3 is 2.19 bits per heavy atom. The first-order valence-corrected chi connectivity index (χ1v) is 14.8. The number of aromatic hydroxyl groups is 1. The van der Waals surface area contributed by atoms with Crippen molar-refractivity contribution in [3.8, 4) is 5.75 Å². The molecule has 5 nitrogen and oxygen atoms in total. The van der Waals surface area contributed by atoms with Gasteiger partial charge in [0.15, 0.2) is 0 Å². The predicted octanol–water partition coefficient (Wildman–Crippen LogP) is 6.38. The quantitative estimate of drug-likeness (QED) is 0.356. The first-order chi connectivity index (χ1) is 17.6. The maximum absolute atomic E-state index is 14.1. The summed E-state index contributed by atoms with van der Waals surface area (Å²) in [6, 6.07) is 18.5. The normalized spacial score (nSPS) is 15.1. The van der Waals surface area contributed by atoms with Gasteiger partial charge in [0, 0.05) is 0 Å². The number of hydrogen-bond donors (Lipinski definition) is 1. The molecule has 1 heterocycles. The van der Waals surface area contributed by atoms with Crippen LogP contribution in [0, 0.1) is 26.7 Å². The monoisotopic (exact) mass is 520 g/mol. The first-order valence-electron chi connectivity index (χ1n) is 13.3. The fourth-order valence-electron chi connectivity index (χ4n) is 5.44. The number of phenolic OH excluding ortho intramolecular Hbond substituents is 1. The zero-order chi connectivity index (χ0) is 26.6. The summed E-state index contributed by atoms with van der Waals surface area (Å²) >= 11 is 0. The number of aryl methyl sites for hydroxylation is 4. The second kappa shape index (κ2) is 11.7. The Morgan fingerprint density at radius 2 is 1.57 bits per heavy atom. The average Bonchev–Trinajstić information content (AvgIpc) is 2.83. The second-order valence-electron chi connectivity index (χ2n) is 10.7. The van der Waals surface area contributed by atoms with Gasteiger partial charge in [-0.25, -0.2) is 8.42 Å². The van der Waals surface area contributed by atoms with E-state index in [0.717, 1.165) is 47.6 Å². The molecule has 1 aliphatic heterocycles. The molecule has 6 heteroatoms. The number of benzene rings is 3. The largest absolute Gasteiger partial charge is 0.508 e. The molecule has 37 heavy (non-hydrogen) atoms. The number of likely N-dealkylation sites (tertiary alicyclic amines) is 1. The summed E-state index contributed by atoms with van der Waals surface area (Å²) in [7, 11) is -3.85. The molecule has 0 aliphatic carbocycles. The van der Waals surface area contributed by atoms with E-state index in [-0.39, 0.29) is 12.3 Å². The molecule has 0 radical (unpaired) electrons. The van der Waals surface area contributed by atoms with Crippen molar-refractivity contribution >= 4 is 15.7 Å². The van der Waals surface area contributed by atoms with E-state index < -0.39 is 10.0 Å². The number of anilines is 1. The van der Waals surface area contributed by atoms with Crippen molar-refractivity contribution in [3.63, 3.8) is 0 Å². The summed E-state index contributed by atoms with van der Waals surface area (Å²) in [4.78, 5) is 2.91. The fraction of sp³-hybridized carbons (Fsp3) is 0.419. The molecule has 0 amide bonds. The van der Waals surface area contributed by atoms with Gasteiger partial charge in [-0.3, -0.25) is 4.31 Å². The van der Waals surface area contributed by atoms with Crippen molar-refractivity contribution in [1.82, 2.24) is 4.90 Å². The van der Waals surface area contributed by atoms with Crippen molar-refractivity contribution in [2.75, 3.05) is 23.9 Å². The summed E-state index contributed by atoms with van der Waals surface area (Å²) in [5, 5.41) is 9.99. The van der Waals surface area contributed by atoms with Crippen LogP contribution in [0.1, 0.15) is 54.0 Å². The van der Waals surface area contributed by atoms with Crippen LogP contribution in [-0.2, 0) is 23.0 Å². The molecule has 0 bridgehead atoms. The SMILES string of the molecule is Cc1cc(C)c(S(=O)(=O)N(Cc2cccc(O)c2)c2ccc(CCCN3CCC(C)CC3)cc2)c(C)c1. The number of sulfonamides is 1. The van der Waals surface area contributed by atoms with E-state index in [2.05, 4.69) is 11.8 Å². The van der Waals surface area contributed by atoms with Crippen molar-refractivity contribution in [1.29, 1.82) is 0 Å². The Morgan fingerprint density at radius 1 is 0.919 bits per heavy atom. The van der Waals surface area contributed by atoms with E-state index in [4.69, 9.17) is 0 Å². The number of hydrogen-bond acceptors (Lipinski definition) is 4. The van der Waals surface area contributed by atoms with E-state index in [1.165, 1.54) is 35.8 Å². The summed E-state index contributed by atoms with van der Waals surface area (Å²) in [5.74, 6) is 0.964. The molecule has 0 spiro atoms. The highest BCUT2D eigenvalue weighted by Crippen LogP contribution is 2.31. The van der Waals surface area contributed by atoms with Crippen LogP contribution in [0.25, 0.3) is 0 Å².